The molecule has 1 amide bonds. The predicted octanol–water partition coefficient (Wildman–Crippen LogP) is 1.65. The van der Waals surface area contributed by atoms with Crippen LogP contribution < -0.4 is 4.90 Å². The van der Waals surface area contributed by atoms with E-state index in [0.29, 0.717) is 38.7 Å². The number of hydrogen-bond donors (Lipinski definition) is 0. The average molecular weight is 342 g/mol. The number of aromatic nitrogens is 2. The minimum absolute atomic E-state index is 0.105. The zero-order chi connectivity index (χ0) is 17.2. The number of ether oxygens (including phenoxy) is 1. The van der Waals surface area contributed by atoms with Gasteiger partial charge in [-0.1, -0.05) is 12.1 Å². The lowest BCUT2D eigenvalue weighted by atomic mass is 10.1. The number of carbonyl (C=O) groups excluding carboxylic acids is 1. The van der Waals surface area contributed by atoms with Gasteiger partial charge in [0.2, 0.25) is 5.95 Å². The van der Waals surface area contributed by atoms with Crippen LogP contribution in [-0.4, -0.2) is 53.6 Å². The second-order valence-electron chi connectivity index (χ2n) is 6.20. The lowest BCUT2D eigenvalue weighted by molar-refractivity contribution is 0.0727. The molecule has 7 heteroatoms. The minimum atomic E-state index is -0.491. The molecular weight excluding hydrogens is 323 g/mol. The molecule has 2 aromatic rings. The normalized spacial score (nSPS) is 17.3. The number of fused-ring (bicyclic) bond motifs is 1. The van der Waals surface area contributed by atoms with Crippen molar-refractivity contribution in [3.05, 3.63) is 53.1 Å². The van der Waals surface area contributed by atoms with Gasteiger partial charge in [-0.25, -0.2) is 14.4 Å². The van der Waals surface area contributed by atoms with E-state index in [4.69, 9.17) is 4.74 Å². The first-order valence-corrected chi connectivity index (χ1v) is 8.43. The molecule has 1 aromatic heterocycles. The molecule has 0 saturated carbocycles. The first kappa shape index (κ1) is 16.0. The van der Waals surface area contributed by atoms with E-state index in [2.05, 4.69) is 14.9 Å². The maximum absolute atomic E-state index is 13.9. The molecule has 0 spiro atoms. The van der Waals surface area contributed by atoms with E-state index in [-0.39, 0.29) is 11.5 Å². The SMILES string of the molecule is O=C(c1ccccc1F)N1CCc2cnc(N3CCOCC3)nc2C1. The van der Waals surface area contributed by atoms with Gasteiger partial charge >= 0.3 is 0 Å². The van der Waals surface area contributed by atoms with Gasteiger partial charge in [-0.05, 0) is 24.1 Å². The highest BCUT2D eigenvalue weighted by Gasteiger charge is 2.26. The maximum atomic E-state index is 13.9. The van der Waals surface area contributed by atoms with Crippen molar-refractivity contribution in [2.24, 2.45) is 0 Å². The summed E-state index contributed by atoms with van der Waals surface area (Å²) >= 11 is 0. The highest BCUT2D eigenvalue weighted by Crippen LogP contribution is 2.22. The van der Waals surface area contributed by atoms with Gasteiger partial charge in [0.05, 0.1) is 31.0 Å². The third-order valence-corrected chi connectivity index (χ3v) is 4.62. The summed E-state index contributed by atoms with van der Waals surface area (Å²) in [5, 5.41) is 0. The Morgan fingerprint density at radius 2 is 1.96 bits per heavy atom. The predicted molar refractivity (Wildman–Crippen MR) is 89.9 cm³/mol. The van der Waals surface area contributed by atoms with Crippen LogP contribution in [0.3, 0.4) is 0 Å². The lowest BCUT2D eigenvalue weighted by Crippen LogP contribution is -2.39. The van der Waals surface area contributed by atoms with Gasteiger partial charge in [0, 0.05) is 25.8 Å². The summed E-state index contributed by atoms with van der Waals surface area (Å²) < 4.78 is 19.3. The van der Waals surface area contributed by atoms with Crippen molar-refractivity contribution in [3.63, 3.8) is 0 Å². The highest BCUT2D eigenvalue weighted by molar-refractivity contribution is 5.94. The number of halogens is 1. The summed E-state index contributed by atoms with van der Waals surface area (Å²) in [5.41, 5.74) is 2.00. The van der Waals surface area contributed by atoms with Crippen LogP contribution in [0.2, 0.25) is 0 Å². The Hall–Kier alpha value is -2.54. The summed E-state index contributed by atoms with van der Waals surface area (Å²) in [5.74, 6) is -0.118. The number of nitrogens with zero attached hydrogens (tertiary/aromatic N) is 4. The van der Waals surface area contributed by atoms with E-state index in [1.54, 1.807) is 17.0 Å². The number of anilines is 1. The Labute approximate surface area is 145 Å². The topological polar surface area (TPSA) is 58.6 Å². The van der Waals surface area contributed by atoms with Crippen molar-refractivity contribution >= 4 is 11.9 Å². The fraction of sp³-hybridized carbons (Fsp3) is 0.389. The van der Waals surface area contributed by atoms with Crippen molar-refractivity contribution in [2.45, 2.75) is 13.0 Å². The van der Waals surface area contributed by atoms with Crippen molar-refractivity contribution in [1.29, 1.82) is 0 Å². The largest absolute Gasteiger partial charge is 0.378 e. The number of carbonyl (C=O) groups is 1. The van der Waals surface area contributed by atoms with Gasteiger partial charge in [-0.2, -0.15) is 0 Å². The van der Waals surface area contributed by atoms with E-state index < -0.39 is 5.82 Å². The van der Waals surface area contributed by atoms with Crippen LogP contribution >= 0.6 is 0 Å². The molecule has 1 saturated heterocycles. The van der Waals surface area contributed by atoms with Crippen molar-refractivity contribution in [2.75, 3.05) is 37.7 Å². The molecule has 0 aliphatic carbocycles. The molecule has 0 bridgehead atoms. The Balaban J connectivity index is 1.55. The monoisotopic (exact) mass is 342 g/mol. The van der Waals surface area contributed by atoms with E-state index >= 15 is 0 Å². The van der Waals surface area contributed by atoms with Crippen LogP contribution in [0.1, 0.15) is 21.6 Å². The quantitative estimate of drug-likeness (QED) is 0.831. The minimum Gasteiger partial charge on any atom is -0.378 e. The summed E-state index contributed by atoms with van der Waals surface area (Å²) in [4.78, 5) is 25.5. The zero-order valence-electron chi connectivity index (χ0n) is 13.8. The van der Waals surface area contributed by atoms with Crippen molar-refractivity contribution in [3.8, 4) is 0 Å². The van der Waals surface area contributed by atoms with E-state index in [9.17, 15) is 9.18 Å². The van der Waals surface area contributed by atoms with E-state index in [0.717, 1.165) is 24.3 Å². The number of morpholine rings is 1. The lowest BCUT2D eigenvalue weighted by Gasteiger charge is -2.30. The Morgan fingerprint density at radius 1 is 1.16 bits per heavy atom. The Kier molecular flexibility index (Phi) is 4.31. The highest BCUT2D eigenvalue weighted by atomic mass is 19.1. The first-order valence-electron chi connectivity index (χ1n) is 8.43. The van der Waals surface area contributed by atoms with Gasteiger partial charge in [0.25, 0.3) is 5.91 Å². The molecule has 0 atom stereocenters. The summed E-state index contributed by atoms with van der Waals surface area (Å²) in [6.45, 7) is 3.77. The fourth-order valence-corrected chi connectivity index (χ4v) is 3.19. The Bertz CT molecular complexity index is 792. The zero-order valence-corrected chi connectivity index (χ0v) is 13.8. The molecule has 6 nitrogen and oxygen atoms in total. The molecule has 0 radical (unpaired) electrons. The molecule has 130 valence electrons. The van der Waals surface area contributed by atoms with Gasteiger partial charge in [-0.3, -0.25) is 4.79 Å². The number of amides is 1. The molecule has 3 heterocycles. The fourth-order valence-electron chi connectivity index (χ4n) is 3.19. The second kappa shape index (κ2) is 6.76. The second-order valence-corrected chi connectivity index (χ2v) is 6.20. The summed E-state index contributed by atoms with van der Waals surface area (Å²) in [6.07, 6.45) is 2.52. The third-order valence-electron chi connectivity index (χ3n) is 4.62. The molecule has 1 aromatic carbocycles. The average Bonchev–Trinajstić information content (AvgIpc) is 2.67. The number of rotatable bonds is 2. The molecule has 2 aliphatic heterocycles. The van der Waals surface area contributed by atoms with Crippen molar-refractivity contribution < 1.29 is 13.9 Å². The van der Waals surface area contributed by atoms with E-state index in [1.807, 2.05) is 6.20 Å². The third kappa shape index (κ3) is 3.19. The van der Waals surface area contributed by atoms with Crippen molar-refractivity contribution in [1.82, 2.24) is 14.9 Å². The van der Waals surface area contributed by atoms with Crippen LogP contribution in [0, 0.1) is 5.82 Å². The van der Waals surface area contributed by atoms with Gasteiger partial charge < -0.3 is 14.5 Å². The van der Waals surface area contributed by atoms with Crippen LogP contribution in [0.4, 0.5) is 10.3 Å². The molecule has 0 unspecified atom stereocenters. The molecule has 25 heavy (non-hydrogen) atoms. The van der Waals surface area contributed by atoms with Crippen LogP contribution in [0.25, 0.3) is 0 Å². The molecule has 1 fully saturated rings. The van der Waals surface area contributed by atoms with Gasteiger partial charge in [0.1, 0.15) is 5.82 Å². The maximum Gasteiger partial charge on any atom is 0.257 e. The van der Waals surface area contributed by atoms with Crippen LogP contribution in [0.15, 0.2) is 30.5 Å². The summed E-state index contributed by atoms with van der Waals surface area (Å²) in [7, 11) is 0. The smallest absolute Gasteiger partial charge is 0.257 e. The number of benzene rings is 1. The number of hydrogen-bond acceptors (Lipinski definition) is 5. The molecule has 2 aliphatic rings. The van der Waals surface area contributed by atoms with E-state index in [1.165, 1.54) is 12.1 Å². The van der Waals surface area contributed by atoms with Gasteiger partial charge in [0.15, 0.2) is 0 Å². The molecular formula is C18H19FN4O2. The Morgan fingerprint density at radius 3 is 2.76 bits per heavy atom. The van der Waals surface area contributed by atoms with Gasteiger partial charge in [-0.15, -0.1) is 0 Å². The van der Waals surface area contributed by atoms with Crippen LogP contribution in [0.5, 0.6) is 0 Å². The molecule has 4 rings (SSSR count). The molecule has 0 N–H and O–H groups in total. The first-order chi connectivity index (χ1) is 12.2. The standard InChI is InChI=1S/C18H19FN4O2/c19-15-4-2-1-3-14(15)17(24)23-6-5-13-11-20-18(21-16(13)12-23)22-7-9-25-10-8-22/h1-4,11H,5-10,12H2. The summed E-state index contributed by atoms with van der Waals surface area (Å²) in [6, 6.07) is 6.09. The van der Waals surface area contributed by atoms with Crippen LogP contribution in [-0.2, 0) is 17.7 Å².